The van der Waals surface area contributed by atoms with Crippen molar-refractivity contribution in [3.63, 3.8) is 0 Å². The molecule has 0 bridgehead atoms. The molecule has 1 unspecified atom stereocenters. The van der Waals surface area contributed by atoms with Gasteiger partial charge in [-0.15, -0.1) is 0 Å². The highest BCUT2D eigenvalue weighted by molar-refractivity contribution is 5.98. The lowest BCUT2D eigenvalue weighted by atomic mass is 10.1. The van der Waals surface area contributed by atoms with Crippen molar-refractivity contribution in [3.8, 4) is 0 Å². The van der Waals surface area contributed by atoms with E-state index in [2.05, 4.69) is 10.3 Å². The Hall–Kier alpha value is -2.01. The molecule has 1 saturated heterocycles. The second-order valence-corrected chi connectivity index (χ2v) is 6.63. The van der Waals surface area contributed by atoms with E-state index in [1.807, 2.05) is 38.1 Å². The molecule has 0 saturated carbocycles. The number of amides is 1. The summed E-state index contributed by atoms with van der Waals surface area (Å²) in [6.45, 7) is 6.85. The molecule has 122 valence electrons. The van der Waals surface area contributed by atoms with Gasteiger partial charge in [-0.3, -0.25) is 9.78 Å². The van der Waals surface area contributed by atoms with Crippen molar-refractivity contribution in [2.75, 3.05) is 26.2 Å². The van der Waals surface area contributed by atoms with Crippen molar-refractivity contribution in [1.82, 2.24) is 15.2 Å². The molecular weight excluding hydrogens is 293 g/mol. The number of nitrogens with zero attached hydrogens (tertiary/aromatic N) is 2. The van der Waals surface area contributed by atoms with Gasteiger partial charge in [0.2, 0.25) is 0 Å². The van der Waals surface area contributed by atoms with E-state index >= 15 is 0 Å². The molecule has 3 rings (SSSR count). The van der Waals surface area contributed by atoms with Crippen LogP contribution in [0.2, 0.25) is 0 Å². The van der Waals surface area contributed by atoms with Gasteiger partial charge in [-0.05, 0) is 38.5 Å². The van der Waals surface area contributed by atoms with E-state index in [1.165, 1.54) is 6.92 Å². The SMILES string of the molecule is Cc1ccc2cc(C(=O)N3CCNCC(C)(F)C3)c(C)nc2c1. The molecule has 0 radical (unpaired) electrons. The summed E-state index contributed by atoms with van der Waals surface area (Å²) in [6, 6.07) is 7.84. The van der Waals surface area contributed by atoms with Crippen LogP contribution in [0.1, 0.15) is 28.5 Å². The van der Waals surface area contributed by atoms with Gasteiger partial charge in [0.15, 0.2) is 0 Å². The fraction of sp³-hybridized carbons (Fsp3) is 0.444. The summed E-state index contributed by atoms with van der Waals surface area (Å²) in [4.78, 5) is 19.0. The summed E-state index contributed by atoms with van der Waals surface area (Å²) in [5.74, 6) is -0.148. The maximum Gasteiger partial charge on any atom is 0.255 e. The van der Waals surface area contributed by atoms with Crippen molar-refractivity contribution in [1.29, 1.82) is 0 Å². The molecule has 2 heterocycles. The number of pyridine rings is 1. The van der Waals surface area contributed by atoms with Crippen molar-refractivity contribution in [2.45, 2.75) is 26.4 Å². The van der Waals surface area contributed by atoms with Crippen LogP contribution < -0.4 is 5.32 Å². The summed E-state index contributed by atoms with van der Waals surface area (Å²) in [6.07, 6.45) is 0. The first kappa shape index (κ1) is 15.9. The number of fused-ring (bicyclic) bond motifs is 1. The Morgan fingerprint density at radius 2 is 2.13 bits per heavy atom. The van der Waals surface area contributed by atoms with Crippen LogP contribution in [0.3, 0.4) is 0 Å². The zero-order valence-corrected chi connectivity index (χ0v) is 13.8. The number of aryl methyl sites for hydroxylation is 2. The van der Waals surface area contributed by atoms with Crippen LogP contribution in [0.5, 0.6) is 0 Å². The Balaban J connectivity index is 1.96. The quantitative estimate of drug-likeness (QED) is 0.880. The molecular formula is C18H22FN3O. The highest BCUT2D eigenvalue weighted by atomic mass is 19.1. The van der Waals surface area contributed by atoms with Gasteiger partial charge >= 0.3 is 0 Å². The number of alkyl halides is 1. The maximum atomic E-state index is 14.4. The van der Waals surface area contributed by atoms with E-state index in [0.717, 1.165) is 16.5 Å². The van der Waals surface area contributed by atoms with Crippen LogP contribution >= 0.6 is 0 Å². The summed E-state index contributed by atoms with van der Waals surface area (Å²) < 4.78 is 14.4. The highest BCUT2D eigenvalue weighted by Crippen LogP contribution is 2.21. The van der Waals surface area contributed by atoms with E-state index in [0.29, 0.717) is 24.3 Å². The van der Waals surface area contributed by atoms with Crippen LogP contribution in [0.25, 0.3) is 10.9 Å². The van der Waals surface area contributed by atoms with E-state index in [-0.39, 0.29) is 19.0 Å². The minimum absolute atomic E-state index is 0.101. The Kier molecular flexibility index (Phi) is 4.06. The van der Waals surface area contributed by atoms with E-state index in [9.17, 15) is 9.18 Å². The lowest BCUT2D eigenvalue weighted by molar-refractivity contribution is 0.0655. The normalized spacial score (nSPS) is 22.2. The second-order valence-electron chi connectivity index (χ2n) is 6.63. The van der Waals surface area contributed by atoms with Crippen molar-refractivity contribution >= 4 is 16.8 Å². The lowest BCUT2D eigenvalue weighted by Crippen LogP contribution is -2.42. The summed E-state index contributed by atoms with van der Waals surface area (Å²) in [5, 5.41) is 3.97. The number of nitrogens with one attached hydrogen (secondary N) is 1. The predicted octanol–water partition coefficient (Wildman–Crippen LogP) is 2.63. The summed E-state index contributed by atoms with van der Waals surface area (Å²) in [5.41, 5.74) is 1.84. The topological polar surface area (TPSA) is 45.2 Å². The molecule has 1 aromatic carbocycles. The molecule has 2 aromatic rings. The lowest BCUT2D eigenvalue weighted by Gasteiger charge is -2.26. The Morgan fingerprint density at radius 1 is 1.35 bits per heavy atom. The molecule has 1 atom stereocenters. The smallest absolute Gasteiger partial charge is 0.255 e. The molecule has 1 aromatic heterocycles. The first-order valence-corrected chi connectivity index (χ1v) is 7.93. The number of halogens is 1. The molecule has 4 nitrogen and oxygen atoms in total. The number of benzene rings is 1. The Morgan fingerprint density at radius 3 is 2.91 bits per heavy atom. The largest absolute Gasteiger partial charge is 0.334 e. The zero-order valence-electron chi connectivity index (χ0n) is 13.8. The first-order chi connectivity index (χ1) is 10.9. The third-order valence-corrected chi connectivity index (χ3v) is 4.25. The van der Waals surface area contributed by atoms with Gasteiger partial charge < -0.3 is 10.2 Å². The molecule has 1 amide bonds. The first-order valence-electron chi connectivity index (χ1n) is 7.93. The number of rotatable bonds is 1. The number of carbonyl (C=O) groups excluding carboxylic acids is 1. The number of hydrogen-bond donors (Lipinski definition) is 1. The van der Waals surface area contributed by atoms with Gasteiger partial charge in [0.25, 0.3) is 5.91 Å². The van der Waals surface area contributed by atoms with Crippen LogP contribution in [-0.2, 0) is 0 Å². The summed E-state index contributed by atoms with van der Waals surface area (Å²) >= 11 is 0. The summed E-state index contributed by atoms with van der Waals surface area (Å²) in [7, 11) is 0. The third kappa shape index (κ3) is 3.34. The second kappa shape index (κ2) is 5.89. The van der Waals surface area contributed by atoms with Gasteiger partial charge in [-0.25, -0.2) is 4.39 Å². The molecule has 1 aliphatic heterocycles. The number of hydrogen-bond acceptors (Lipinski definition) is 3. The van der Waals surface area contributed by atoms with Crippen LogP contribution in [0.15, 0.2) is 24.3 Å². The zero-order chi connectivity index (χ0) is 16.6. The molecule has 23 heavy (non-hydrogen) atoms. The van der Waals surface area contributed by atoms with Crippen LogP contribution in [0, 0.1) is 13.8 Å². The average molecular weight is 315 g/mol. The average Bonchev–Trinajstić information content (AvgIpc) is 2.66. The predicted molar refractivity (Wildman–Crippen MR) is 89.5 cm³/mol. The third-order valence-electron chi connectivity index (χ3n) is 4.25. The van der Waals surface area contributed by atoms with Gasteiger partial charge in [0.05, 0.1) is 23.3 Å². The molecule has 0 spiro atoms. The standard InChI is InChI=1S/C18H22FN3O/c1-12-4-5-14-9-15(13(2)21-16(14)8-12)17(23)22-7-6-20-10-18(3,19)11-22/h4-5,8-9,20H,6-7,10-11H2,1-3H3. The number of carbonyl (C=O) groups is 1. The fourth-order valence-electron chi connectivity index (χ4n) is 3.03. The monoisotopic (exact) mass is 315 g/mol. The highest BCUT2D eigenvalue weighted by Gasteiger charge is 2.32. The van der Waals surface area contributed by atoms with E-state index in [4.69, 9.17) is 0 Å². The Labute approximate surface area is 135 Å². The maximum absolute atomic E-state index is 14.4. The fourth-order valence-corrected chi connectivity index (χ4v) is 3.03. The van der Waals surface area contributed by atoms with Crippen LogP contribution in [0.4, 0.5) is 4.39 Å². The molecule has 0 aliphatic carbocycles. The van der Waals surface area contributed by atoms with Crippen LogP contribution in [-0.4, -0.2) is 47.6 Å². The van der Waals surface area contributed by atoms with Gasteiger partial charge in [-0.1, -0.05) is 12.1 Å². The minimum atomic E-state index is -1.42. The molecule has 5 heteroatoms. The molecule has 1 aliphatic rings. The van der Waals surface area contributed by atoms with Gasteiger partial charge in [0.1, 0.15) is 5.67 Å². The molecule has 1 fully saturated rings. The van der Waals surface area contributed by atoms with Gasteiger partial charge in [-0.2, -0.15) is 0 Å². The Bertz CT molecular complexity index is 757. The van der Waals surface area contributed by atoms with E-state index < -0.39 is 5.67 Å². The van der Waals surface area contributed by atoms with E-state index in [1.54, 1.807) is 4.90 Å². The number of aromatic nitrogens is 1. The van der Waals surface area contributed by atoms with Gasteiger partial charge in [0, 0.05) is 25.0 Å². The van der Waals surface area contributed by atoms with Crippen molar-refractivity contribution in [3.05, 3.63) is 41.1 Å². The van der Waals surface area contributed by atoms with Crippen molar-refractivity contribution in [2.24, 2.45) is 0 Å². The molecule has 1 N–H and O–H groups in total. The van der Waals surface area contributed by atoms with Crippen molar-refractivity contribution < 1.29 is 9.18 Å². The minimum Gasteiger partial charge on any atom is -0.334 e.